The second kappa shape index (κ2) is 14.7. The van der Waals surface area contributed by atoms with Gasteiger partial charge in [0.1, 0.15) is 17.3 Å². The first-order chi connectivity index (χ1) is 23.0. The van der Waals surface area contributed by atoms with Gasteiger partial charge < -0.3 is 24.7 Å². The number of aromatic nitrogens is 4. The highest BCUT2D eigenvalue weighted by molar-refractivity contribution is 9.10. The van der Waals surface area contributed by atoms with Crippen LogP contribution in [0.1, 0.15) is 11.1 Å². The van der Waals surface area contributed by atoms with Crippen molar-refractivity contribution in [3.8, 4) is 28.7 Å². The first-order valence-corrected chi connectivity index (χ1v) is 16.0. The van der Waals surface area contributed by atoms with E-state index in [1.54, 1.807) is 48.5 Å². The molecule has 0 aliphatic heterocycles. The molecule has 3 N–H and O–H groups in total. The Balaban J connectivity index is 1.53. The fraction of sp³-hybridized carbons (Fsp3) is 0.207. The average Bonchev–Trinajstić information content (AvgIpc) is 3.67. The summed E-state index contributed by atoms with van der Waals surface area (Å²) in [5, 5.41) is 14.8. The van der Waals surface area contributed by atoms with Gasteiger partial charge in [0.25, 0.3) is 0 Å². The molecule has 48 heavy (non-hydrogen) atoms. The lowest BCUT2D eigenvalue weighted by molar-refractivity contribution is 0.205. The molecule has 0 spiro atoms. The molecular weight excluding hydrogens is 721 g/mol. The second-order valence-electron chi connectivity index (χ2n) is 10.1. The number of nitrogens with one attached hydrogen (secondary N) is 1. The Morgan fingerprint density at radius 3 is 2.27 bits per heavy atom. The van der Waals surface area contributed by atoms with Crippen LogP contribution in [0.25, 0.3) is 17.2 Å². The molecule has 19 heteroatoms. The Morgan fingerprint density at radius 2 is 1.67 bits per heavy atom. The Labute approximate surface area is 280 Å². The number of carbonyl (C=O) groups is 1. The number of benzene rings is 3. The van der Waals surface area contributed by atoms with Gasteiger partial charge >= 0.3 is 22.2 Å². The van der Waals surface area contributed by atoms with E-state index in [4.69, 9.17) is 24.4 Å². The molecule has 0 saturated heterocycles. The number of primary amides is 1. The van der Waals surface area contributed by atoms with Crippen molar-refractivity contribution in [2.45, 2.75) is 19.0 Å². The maximum Gasteiger partial charge on any atom is 0.446 e. The van der Waals surface area contributed by atoms with Crippen LogP contribution in [0.15, 0.2) is 85.1 Å². The van der Waals surface area contributed by atoms with Crippen LogP contribution < -0.4 is 26.3 Å². The molecule has 0 radical (unpaired) electrons. The number of nitrogens with two attached hydrogens (primary N) is 1. The van der Waals surface area contributed by atoms with Gasteiger partial charge in [0, 0.05) is 19.1 Å². The number of methoxy groups -OCH3 is 2. The summed E-state index contributed by atoms with van der Waals surface area (Å²) in [6.45, 7) is -0.539. The predicted octanol–water partition coefficient (Wildman–Crippen LogP) is 3.66. The van der Waals surface area contributed by atoms with Crippen LogP contribution in [0.4, 0.5) is 15.0 Å². The number of halogens is 2. The van der Waals surface area contributed by atoms with E-state index in [9.17, 15) is 22.4 Å². The third-order valence-corrected chi connectivity index (χ3v) is 8.79. The van der Waals surface area contributed by atoms with Crippen molar-refractivity contribution in [3.63, 3.8) is 0 Å². The summed E-state index contributed by atoms with van der Waals surface area (Å²) in [5.41, 5.74) is 6.49. The van der Waals surface area contributed by atoms with Gasteiger partial charge in [-0.3, -0.25) is 4.52 Å². The number of amides is 1. The molecule has 2 heterocycles. The lowest BCUT2D eigenvalue weighted by Crippen LogP contribution is -2.43. The molecule has 0 saturated carbocycles. The highest BCUT2D eigenvalue weighted by Gasteiger charge is 2.31. The van der Waals surface area contributed by atoms with E-state index >= 15 is 0 Å². The Hall–Kier alpha value is -5.27. The molecule has 3 aromatic carbocycles. The van der Waals surface area contributed by atoms with E-state index < -0.39 is 34.0 Å². The van der Waals surface area contributed by atoms with Gasteiger partial charge in [-0.1, -0.05) is 29.4 Å². The van der Waals surface area contributed by atoms with Crippen LogP contribution in [0, 0.1) is 5.82 Å². The van der Waals surface area contributed by atoms with E-state index in [0.29, 0.717) is 17.1 Å². The monoisotopic (exact) mass is 747 g/mol. The zero-order chi connectivity index (χ0) is 34.4. The van der Waals surface area contributed by atoms with Gasteiger partial charge in [0.05, 0.1) is 24.4 Å². The maximum atomic E-state index is 14.0. The van der Waals surface area contributed by atoms with Gasteiger partial charge in [-0.2, -0.15) is 12.7 Å². The van der Waals surface area contributed by atoms with Crippen molar-refractivity contribution in [2.75, 3.05) is 26.1 Å². The van der Waals surface area contributed by atoms with Crippen molar-refractivity contribution >= 4 is 38.1 Å². The van der Waals surface area contributed by atoms with Gasteiger partial charge in [-0.05, 0) is 86.3 Å². The number of hydrogen-bond acceptors (Lipinski definition) is 13. The van der Waals surface area contributed by atoms with Crippen LogP contribution in [-0.4, -0.2) is 65.7 Å². The van der Waals surface area contributed by atoms with E-state index in [-0.39, 0.29) is 47.0 Å². The van der Waals surface area contributed by atoms with Crippen molar-refractivity contribution < 1.29 is 40.4 Å². The van der Waals surface area contributed by atoms with Crippen LogP contribution in [0.5, 0.6) is 11.5 Å². The first-order valence-electron chi connectivity index (χ1n) is 13.9. The Kier molecular flexibility index (Phi) is 10.4. The average molecular weight is 749 g/mol. The van der Waals surface area contributed by atoms with Crippen LogP contribution in [0.2, 0.25) is 0 Å². The third kappa shape index (κ3) is 7.99. The number of carbonyl (C=O) groups excluding carboxylic acids is 1. The molecule has 0 aliphatic carbocycles. The van der Waals surface area contributed by atoms with Gasteiger partial charge in [-0.15, -0.1) is 0 Å². The smallest absolute Gasteiger partial charge is 0.446 e. The maximum absolute atomic E-state index is 14.0. The van der Waals surface area contributed by atoms with Crippen LogP contribution in [-0.2, 0) is 27.5 Å². The summed E-state index contributed by atoms with van der Waals surface area (Å²) in [4.78, 5) is 24.3. The van der Waals surface area contributed by atoms with Crippen LogP contribution >= 0.6 is 15.9 Å². The van der Waals surface area contributed by atoms with Gasteiger partial charge in [0.15, 0.2) is 5.69 Å². The molecule has 5 rings (SSSR count). The molecule has 5 aromatic rings. The van der Waals surface area contributed by atoms with E-state index in [1.807, 2.05) is 0 Å². The zero-order valence-electron chi connectivity index (χ0n) is 25.2. The topological polar surface area (TPSA) is 207 Å². The lowest BCUT2D eigenvalue weighted by atomic mass is 10.1. The normalized spacial score (nSPS) is 12.1. The summed E-state index contributed by atoms with van der Waals surface area (Å²) in [7, 11) is -1.71. The molecule has 252 valence electrons. The van der Waals surface area contributed by atoms with E-state index in [1.165, 1.54) is 26.4 Å². The number of ether oxygens (including phenoxy) is 2. The quantitative estimate of drug-likeness (QED) is 0.167. The molecular formula is C29H27BrFN7O9S. The highest BCUT2D eigenvalue weighted by atomic mass is 79.9. The number of rotatable bonds is 14. The minimum absolute atomic E-state index is 0.0469. The summed E-state index contributed by atoms with van der Waals surface area (Å²) < 4.78 is 67.4. The Morgan fingerprint density at radius 1 is 1.02 bits per heavy atom. The first kappa shape index (κ1) is 34.1. The van der Waals surface area contributed by atoms with Crippen molar-refractivity contribution in [2.24, 2.45) is 5.73 Å². The number of nitrogens with zero attached hydrogens (tertiary/aromatic N) is 5. The molecule has 1 atom stereocenters. The minimum Gasteiger partial charge on any atom is -0.497 e. The molecule has 1 unspecified atom stereocenters. The van der Waals surface area contributed by atoms with Gasteiger partial charge in [-0.25, -0.2) is 23.2 Å². The second-order valence-corrected chi connectivity index (χ2v) is 12.5. The SMILES string of the molecule is COc1ccc(CC(CN(Cc2ccc(OC)cc2)S(=O)(=O)OC(N)=O)Nc2nonc2-c2noc(=O)n2-c2ccc(F)c(Br)c2)cc1. The largest absolute Gasteiger partial charge is 0.497 e. The molecule has 0 aliphatic rings. The zero-order valence-corrected chi connectivity index (χ0v) is 27.6. The summed E-state index contributed by atoms with van der Waals surface area (Å²) in [6.07, 6.45) is -1.34. The van der Waals surface area contributed by atoms with Crippen molar-refractivity contribution in [3.05, 3.63) is 98.7 Å². The van der Waals surface area contributed by atoms with Gasteiger partial charge in [0.2, 0.25) is 11.6 Å². The minimum atomic E-state index is -4.72. The van der Waals surface area contributed by atoms with E-state index in [0.717, 1.165) is 20.5 Å². The molecule has 1 amide bonds. The highest BCUT2D eigenvalue weighted by Crippen LogP contribution is 2.28. The summed E-state index contributed by atoms with van der Waals surface area (Å²) >= 11 is 3.09. The number of hydrogen-bond donors (Lipinski definition) is 2. The summed E-state index contributed by atoms with van der Waals surface area (Å²) in [5.74, 6) is -0.523. The molecule has 0 fully saturated rings. The van der Waals surface area contributed by atoms with E-state index in [2.05, 4.69) is 40.9 Å². The molecule has 16 nitrogen and oxygen atoms in total. The lowest BCUT2D eigenvalue weighted by Gasteiger charge is -2.27. The fourth-order valence-electron chi connectivity index (χ4n) is 4.65. The third-order valence-electron chi connectivity index (χ3n) is 6.89. The summed E-state index contributed by atoms with van der Waals surface area (Å²) in [6, 6.07) is 16.6. The Bertz CT molecular complexity index is 2050. The molecule has 2 aromatic heterocycles. The van der Waals surface area contributed by atoms with Crippen LogP contribution in [0.3, 0.4) is 0 Å². The molecule has 0 bridgehead atoms. The van der Waals surface area contributed by atoms with Crippen molar-refractivity contribution in [1.29, 1.82) is 0 Å². The predicted molar refractivity (Wildman–Crippen MR) is 170 cm³/mol. The standard InChI is InChI=1S/C29H27BrFN7O9S/c1-43-21-8-3-17(4-9-21)13-19(16-37(48(41,42)46-28(32)39)15-18-5-10-22(44-2)11-6-18)33-26-25(34-47-35-26)27-36-45-29(40)38(27)20-7-12-24(31)23(30)14-20/h3-12,14,19H,13,15-16H2,1-2H3,(H2,32,39)(H,33,35). The fourth-order valence-corrected chi connectivity index (χ4v) is 6.00. The number of anilines is 1. The van der Waals surface area contributed by atoms with Crippen molar-refractivity contribution in [1.82, 2.24) is 24.3 Å².